The average molecular weight is 139 g/mol. The molecule has 10 heavy (non-hydrogen) atoms. The highest BCUT2D eigenvalue weighted by Gasteiger charge is 1.91. The summed E-state index contributed by atoms with van der Waals surface area (Å²) in [7, 11) is 0. The second-order valence-corrected chi connectivity index (χ2v) is 2.09. The van der Waals surface area contributed by atoms with Crippen molar-refractivity contribution in [2.24, 2.45) is 0 Å². The monoisotopic (exact) mass is 139 g/mol. The summed E-state index contributed by atoms with van der Waals surface area (Å²) in [6.45, 7) is 1.67. The smallest absolute Gasteiger partial charge is 0.0804 e. The van der Waals surface area contributed by atoms with Crippen molar-refractivity contribution >= 4 is 5.97 Å². The van der Waals surface area contributed by atoms with E-state index < -0.39 is 5.97 Å². The average Bonchev–Trinajstić information content (AvgIpc) is 2.13. The summed E-state index contributed by atoms with van der Waals surface area (Å²) in [5.74, 6) is -1.12. The van der Waals surface area contributed by atoms with Crippen molar-refractivity contribution in [2.75, 3.05) is 0 Å². The summed E-state index contributed by atoms with van der Waals surface area (Å²) >= 11 is 0. The van der Waals surface area contributed by atoms with Gasteiger partial charge in [-0.25, -0.2) is 0 Å². The van der Waals surface area contributed by atoms with Crippen LogP contribution in [0.5, 0.6) is 0 Å². The molecule has 0 aliphatic heterocycles. The minimum absolute atomic E-state index is 0.173. The molecule has 0 N–H and O–H groups in total. The highest BCUT2D eigenvalue weighted by Crippen LogP contribution is 1.92. The summed E-state index contributed by atoms with van der Waals surface area (Å²) in [5.41, 5.74) is 0.946. The standard InChI is InChI=1S/C6H8N2O2/c1-5-2-7-8(3-5)4-6(9)10/h2-3H,4H2,1H3,(H,9,10)/p-1. The van der Waals surface area contributed by atoms with E-state index in [1.54, 1.807) is 12.4 Å². The van der Waals surface area contributed by atoms with Crippen molar-refractivity contribution in [3.8, 4) is 0 Å². The first kappa shape index (κ1) is 6.80. The van der Waals surface area contributed by atoms with Gasteiger partial charge in [0.1, 0.15) is 0 Å². The maximum atomic E-state index is 10.0. The predicted molar refractivity (Wildman–Crippen MR) is 32.0 cm³/mol. The molecule has 0 saturated carbocycles. The lowest BCUT2D eigenvalue weighted by Gasteiger charge is -1.99. The molecular weight excluding hydrogens is 132 g/mol. The Balaban J connectivity index is 2.67. The summed E-state index contributed by atoms with van der Waals surface area (Å²) in [5, 5.41) is 13.8. The summed E-state index contributed by atoms with van der Waals surface area (Å²) in [4.78, 5) is 10.0. The van der Waals surface area contributed by atoms with Gasteiger partial charge in [0.25, 0.3) is 0 Å². The number of carboxylic acids is 1. The van der Waals surface area contributed by atoms with Gasteiger partial charge in [-0.15, -0.1) is 0 Å². The number of aromatic nitrogens is 2. The fourth-order valence-corrected chi connectivity index (χ4v) is 0.686. The zero-order valence-corrected chi connectivity index (χ0v) is 5.57. The fraction of sp³-hybridized carbons (Fsp3) is 0.333. The van der Waals surface area contributed by atoms with Crippen molar-refractivity contribution in [3.05, 3.63) is 18.0 Å². The normalized spacial score (nSPS) is 9.70. The van der Waals surface area contributed by atoms with Crippen LogP contribution >= 0.6 is 0 Å². The van der Waals surface area contributed by atoms with E-state index in [1.807, 2.05) is 6.92 Å². The number of aliphatic carboxylic acids is 1. The van der Waals surface area contributed by atoms with Crippen LogP contribution in [0.2, 0.25) is 0 Å². The van der Waals surface area contributed by atoms with E-state index in [1.165, 1.54) is 4.68 Å². The Labute approximate surface area is 58.1 Å². The first-order chi connectivity index (χ1) is 4.68. The molecule has 0 fully saturated rings. The molecule has 0 atom stereocenters. The van der Waals surface area contributed by atoms with Crippen LogP contribution in [0.25, 0.3) is 0 Å². The topological polar surface area (TPSA) is 58.0 Å². The predicted octanol–water partition coefficient (Wildman–Crippen LogP) is -1.06. The zero-order chi connectivity index (χ0) is 7.56. The minimum atomic E-state index is -1.12. The van der Waals surface area contributed by atoms with Gasteiger partial charge in [-0.1, -0.05) is 0 Å². The van der Waals surface area contributed by atoms with Crippen LogP contribution in [0.15, 0.2) is 12.4 Å². The molecule has 0 aromatic carbocycles. The SMILES string of the molecule is Cc1cnn(CC(=O)[O-])c1. The summed E-state index contributed by atoms with van der Waals surface area (Å²) in [6, 6.07) is 0. The fourth-order valence-electron chi connectivity index (χ4n) is 0.686. The molecule has 0 aliphatic carbocycles. The second kappa shape index (κ2) is 2.51. The van der Waals surface area contributed by atoms with Crippen molar-refractivity contribution in [3.63, 3.8) is 0 Å². The third-order valence-electron chi connectivity index (χ3n) is 1.05. The number of rotatable bonds is 2. The van der Waals surface area contributed by atoms with Crippen LogP contribution in [-0.2, 0) is 11.3 Å². The Hall–Kier alpha value is -1.32. The van der Waals surface area contributed by atoms with E-state index in [0.29, 0.717) is 0 Å². The van der Waals surface area contributed by atoms with Crippen LogP contribution in [0.4, 0.5) is 0 Å². The first-order valence-electron chi connectivity index (χ1n) is 2.87. The zero-order valence-electron chi connectivity index (χ0n) is 5.57. The van der Waals surface area contributed by atoms with Gasteiger partial charge >= 0.3 is 0 Å². The third-order valence-corrected chi connectivity index (χ3v) is 1.05. The van der Waals surface area contributed by atoms with Crippen LogP contribution in [0.1, 0.15) is 5.56 Å². The van der Waals surface area contributed by atoms with Gasteiger partial charge in [0.15, 0.2) is 0 Å². The first-order valence-corrected chi connectivity index (χ1v) is 2.87. The molecule has 1 heterocycles. The Kier molecular flexibility index (Phi) is 1.71. The Bertz CT molecular complexity index is 242. The van der Waals surface area contributed by atoms with Crippen LogP contribution < -0.4 is 5.11 Å². The third kappa shape index (κ3) is 1.58. The van der Waals surface area contributed by atoms with E-state index in [-0.39, 0.29) is 6.54 Å². The van der Waals surface area contributed by atoms with Crippen molar-refractivity contribution in [1.82, 2.24) is 9.78 Å². The molecule has 0 unspecified atom stereocenters. The molecule has 0 aliphatic rings. The van der Waals surface area contributed by atoms with E-state index in [0.717, 1.165) is 5.56 Å². The van der Waals surface area contributed by atoms with E-state index in [9.17, 15) is 9.90 Å². The Morgan fingerprint density at radius 3 is 3.00 bits per heavy atom. The summed E-state index contributed by atoms with van der Waals surface area (Å²) < 4.78 is 1.32. The molecule has 54 valence electrons. The van der Waals surface area contributed by atoms with E-state index in [2.05, 4.69) is 5.10 Å². The molecule has 0 spiro atoms. The van der Waals surface area contributed by atoms with Gasteiger partial charge in [0.2, 0.25) is 0 Å². The van der Waals surface area contributed by atoms with Gasteiger partial charge in [-0.05, 0) is 12.5 Å². The van der Waals surface area contributed by atoms with Crippen molar-refractivity contribution in [2.45, 2.75) is 13.5 Å². The number of hydrogen-bond acceptors (Lipinski definition) is 3. The van der Waals surface area contributed by atoms with Gasteiger partial charge in [-0.2, -0.15) is 5.10 Å². The minimum Gasteiger partial charge on any atom is -0.548 e. The van der Waals surface area contributed by atoms with Crippen molar-refractivity contribution < 1.29 is 9.90 Å². The van der Waals surface area contributed by atoms with Crippen LogP contribution in [0, 0.1) is 6.92 Å². The lowest BCUT2D eigenvalue weighted by molar-refractivity contribution is -0.306. The van der Waals surface area contributed by atoms with Gasteiger partial charge in [0, 0.05) is 6.20 Å². The van der Waals surface area contributed by atoms with Crippen LogP contribution in [-0.4, -0.2) is 15.7 Å². The van der Waals surface area contributed by atoms with Gasteiger partial charge < -0.3 is 9.90 Å². The highest BCUT2D eigenvalue weighted by atomic mass is 16.4. The Morgan fingerprint density at radius 2 is 2.60 bits per heavy atom. The molecular formula is C6H7N2O2-. The quantitative estimate of drug-likeness (QED) is 0.524. The van der Waals surface area contributed by atoms with E-state index in [4.69, 9.17) is 0 Å². The number of carbonyl (C=O) groups excluding carboxylic acids is 1. The van der Waals surface area contributed by atoms with Gasteiger partial charge in [-0.3, -0.25) is 4.68 Å². The molecule has 4 heteroatoms. The molecule has 0 saturated heterocycles. The molecule has 0 bridgehead atoms. The molecule has 0 radical (unpaired) electrons. The molecule has 4 nitrogen and oxygen atoms in total. The molecule has 1 rings (SSSR count). The number of nitrogens with zero attached hydrogens (tertiary/aromatic N) is 2. The van der Waals surface area contributed by atoms with Crippen molar-refractivity contribution in [1.29, 1.82) is 0 Å². The molecule has 0 amide bonds. The molecule has 1 aromatic heterocycles. The Morgan fingerprint density at radius 1 is 1.90 bits per heavy atom. The van der Waals surface area contributed by atoms with Crippen LogP contribution in [0.3, 0.4) is 0 Å². The highest BCUT2D eigenvalue weighted by molar-refractivity contribution is 5.63. The largest absolute Gasteiger partial charge is 0.548 e. The lowest BCUT2D eigenvalue weighted by atomic mass is 10.4. The maximum absolute atomic E-state index is 10.0. The number of carbonyl (C=O) groups is 1. The number of carboxylic acid groups (broad SMARTS) is 1. The lowest BCUT2D eigenvalue weighted by Crippen LogP contribution is -2.27. The van der Waals surface area contributed by atoms with Gasteiger partial charge in [0.05, 0.1) is 18.7 Å². The summed E-state index contributed by atoms with van der Waals surface area (Å²) in [6.07, 6.45) is 3.25. The van der Waals surface area contributed by atoms with E-state index >= 15 is 0 Å². The maximum Gasteiger partial charge on any atom is 0.0804 e. The number of aryl methyl sites for hydroxylation is 1. The second-order valence-electron chi connectivity index (χ2n) is 2.09. The molecule has 1 aromatic rings. The number of hydrogen-bond donors (Lipinski definition) is 0.